The maximum Gasteiger partial charge on any atom is 0.331 e. The van der Waals surface area contributed by atoms with Gasteiger partial charge in [-0.2, -0.15) is 0 Å². The Morgan fingerprint density at radius 1 is 1.10 bits per heavy atom. The van der Waals surface area contributed by atoms with Gasteiger partial charge in [0, 0.05) is 12.1 Å². The van der Waals surface area contributed by atoms with Crippen LogP contribution in [-0.2, 0) is 14.3 Å². The second kappa shape index (κ2) is 10.8. The molecule has 29 heavy (non-hydrogen) atoms. The summed E-state index contributed by atoms with van der Waals surface area (Å²) >= 11 is 0. The van der Waals surface area contributed by atoms with E-state index in [9.17, 15) is 18.4 Å². The first-order valence-electron chi connectivity index (χ1n) is 8.83. The van der Waals surface area contributed by atoms with Gasteiger partial charge in [0.15, 0.2) is 18.1 Å². The number of nitrogens with one attached hydrogen (secondary N) is 1. The average molecular weight is 405 g/mol. The molecule has 0 heterocycles. The molecule has 0 bridgehead atoms. The molecule has 0 saturated heterocycles. The number of carbonyl (C=O) groups excluding carboxylic acids is 2. The molecule has 0 radical (unpaired) electrons. The van der Waals surface area contributed by atoms with E-state index in [4.69, 9.17) is 14.2 Å². The molecular formula is C21H21F2NO5. The molecule has 2 aromatic rings. The number of amides is 1. The van der Waals surface area contributed by atoms with Crippen LogP contribution in [0.25, 0.3) is 6.08 Å². The highest BCUT2D eigenvalue weighted by Crippen LogP contribution is 2.28. The predicted octanol–water partition coefficient (Wildman–Crippen LogP) is 3.96. The fraction of sp³-hybridized carbons (Fsp3) is 0.238. The first-order valence-corrected chi connectivity index (χ1v) is 8.83. The summed E-state index contributed by atoms with van der Waals surface area (Å²) in [6, 6.07) is 7.87. The summed E-state index contributed by atoms with van der Waals surface area (Å²) in [5.41, 5.74) is 0.459. The van der Waals surface area contributed by atoms with Gasteiger partial charge >= 0.3 is 5.97 Å². The lowest BCUT2D eigenvalue weighted by atomic mass is 10.2. The molecule has 0 aromatic heterocycles. The Bertz CT molecular complexity index is 899. The summed E-state index contributed by atoms with van der Waals surface area (Å²) in [4.78, 5) is 23.5. The average Bonchev–Trinajstić information content (AvgIpc) is 2.71. The van der Waals surface area contributed by atoms with Crippen molar-refractivity contribution in [3.63, 3.8) is 0 Å². The number of methoxy groups -OCH3 is 1. The zero-order chi connectivity index (χ0) is 21.2. The molecule has 1 amide bonds. The zero-order valence-electron chi connectivity index (χ0n) is 16.0. The highest BCUT2D eigenvalue weighted by atomic mass is 19.1. The molecular weight excluding hydrogens is 384 g/mol. The van der Waals surface area contributed by atoms with Crippen molar-refractivity contribution in [3.05, 3.63) is 59.7 Å². The van der Waals surface area contributed by atoms with Crippen LogP contribution in [0.15, 0.2) is 42.5 Å². The van der Waals surface area contributed by atoms with Crippen molar-refractivity contribution in [1.82, 2.24) is 0 Å². The van der Waals surface area contributed by atoms with Gasteiger partial charge in [0.05, 0.1) is 19.4 Å². The van der Waals surface area contributed by atoms with Crippen molar-refractivity contribution in [3.8, 4) is 11.5 Å². The topological polar surface area (TPSA) is 73.9 Å². The van der Waals surface area contributed by atoms with Gasteiger partial charge in [-0.3, -0.25) is 4.79 Å². The summed E-state index contributed by atoms with van der Waals surface area (Å²) in [5, 5.41) is 2.19. The van der Waals surface area contributed by atoms with Crippen LogP contribution >= 0.6 is 0 Å². The second-order valence-electron chi connectivity index (χ2n) is 5.87. The van der Waals surface area contributed by atoms with E-state index >= 15 is 0 Å². The maximum absolute atomic E-state index is 13.5. The molecule has 2 rings (SSSR count). The van der Waals surface area contributed by atoms with Gasteiger partial charge in [-0.1, -0.05) is 13.0 Å². The number of ether oxygens (including phenoxy) is 3. The molecule has 8 heteroatoms. The quantitative estimate of drug-likeness (QED) is 0.505. The molecule has 0 fully saturated rings. The number of esters is 1. The van der Waals surface area contributed by atoms with Crippen LogP contribution in [0.2, 0.25) is 0 Å². The standard InChI is InChI=1S/C21H21F2NO5/c1-3-10-28-18-8-4-14(11-19(18)27-2)5-9-21(26)29-13-20(25)24-17-7-6-15(22)12-16(17)23/h4-9,11-12H,3,10,13H2,1-2H3,(H,24,25)/b9-5+. The minimum absolute atomic E-state index is 0.208. The molecule has 1 N–H and O–H groups in total. The van der Waals surface area contributed by atoms with Gasteiger partial charge in [-0.25, -0.2) is 13.6 Å². The number of halogens is 2. The molecule has 0 aliphatic rings. The van der Waals surface area contributed by atoms with E-state index in [1.54, 1.807) is 18.2 Å². The molecule has 0 aliphatic carbocycles. The maximum atomic E-state index is 13.5. The minimum atomic E-state index is -0.926. The van der Waals surface area contributed by atoms with Crippen molar-refractivity contribution in [2.75, 3.05) is 25.6 Å². The van der Waals surface area contributed by atoms with Gasteiger partial charge in [0.2, 0.25) is 0 Å². The summed E-state index contributed by atoms with van der Waals surface area (Å²) in [6.45, 7) is 1.93. The normalized spacial score (nSPS) is 10.6. The lowest BCUT2D eigenvalue weighted by Crippen LogP contribution is -2.20. The molecule has 154 valence electrons. The first kappa shape index (κ1) is 21.9. The third-order valence-corrected chi connectivity index (χ3v) is 3.61. The van der Waals surface area contributed by atoms with Crippen molar-refractivity contribution in [1.29, 1.82) is 0 Å². The summed E-state index contributed by atoms with van der Waals surface area (Å²) in [6.07, 6.45) is 3.50. The van der Waals surface area contributed by atoms with Crippen LogP contribution in [0.4, 0.5) is 14.5 Å². The second-order valence-corrected chi connectivity index (χ2v) is 5.87. The molecule has 0 atom stereocenters. The Hall–Kier alpha value is -3.42. The van der Waals surface area contributed by atoms with Crippen LogP contribution in [-0.4, -0.2) is 32.2 Å². The van der Waals surface area contributed by atoms with Crippen molar-refractivity contribution < 1.29 is 32.6 Å². The number of anilines is 1. The predicted molar refractivity (Wildman–Crippen MR) is 104 cm³/mol. The monoisotopic (exact) mass is 405 g/mol. The zero-order valence-corrected chi connectivity index (χ0v) is 16.0. The molecule has 0 spiro atoms. The highest BCUT2D eigenvalue weighted by molar-refractivity contribution is 5.94. The molecule has 2 aromatic carbocycles. The van der Waals surface area contributed by atoms with Gasteiger partial charge in [-0.15, -0.1) is 0 Å². The van der Waals surface area contributed by atoms with E-state index < -0.39 is 30.1 Å². The van der Waals surface area contributed by atoms with Crippen molar-refractivity contribution in [2.45, 2.75) is 13.3 Å². The highest BCUT2D eigenvalue weighted by Gasteiger charge is 2.10. The number of rotatable bonds is 9. The summed E-state index contributed by atoms with van der Waals surface area (Å²) in [7, 11) is 1.51. The number of hydrogen-bond acceptors (Lipinski definition) is 5. The number of carbonyl (C=O) groups is 2. The molecule has 0 saturated carbocycles. The van der Waals surface area contributed by atoms with Gasteiger partial charge in [0.1, 0.15) is 11.6 Å². The SMILES string of the molecule is CCCOc1ccc(/C=C/C(=O)OCC(=O)Nc2ccc(F)cc2F)cc1OC. The number of hydrogen-bond donors (Lipinski definition) is 1. The third kappa shape index (κ3) is 6.91. The fourth-order valence-corrected chi connectivity index (χ4v) is 2.25. The largest absolute Gasteiger partial charge is 0.493 e. The van der Waals surface area contributed by atoms with E-state index in [1.807, 2.05) is 6.92 Å². The van der Waals surface area contributed by atoms with Gasteiger partial charge in [0.25, 0.3) is 5.91 Å². The van der Waals surface area contributed by atoms with E-state index in [1.165, 1.54) is 13.2 Å². The van der Waals surface area contributed by atoms with Crippen molar-refractivity contribution >= 4 is 23.6 Å². The van der Waals surface area contributed by atoms with Crippen LogP contribution in [0.3, 0.4) is 0 Å². The van der Waals surface area contributed by atoms with Gasteiger partial charge in [-0.05, 0) is 42.3 Å². The Morgan fingerprint density at radius 2 is 1.90 bits per heavy atom. The molecule has 0 unspecified atom stereocenters. The third-order valence-electron chi connectivity index (χ3n) is 3.61. The first-order chi connectivity index (χ1) is 13.9. The molecule has 0 aliphatic heterocycles. The fourth-order valence-electron chi connectivity index (χ4n) is 2.25. The van der Waals surface area contributed by atoms with Crippen LogP contribution < -0.4 is 14.8 Å². The van der Waals surface area contributed by atoms with E-state index in [0.717, 1.165) is 24.6 Å². The Balaban J connectivity index is 1.88. The smallest absolute Gasteiger partial charge is 0.331 e. The van der Waals surface area contributed by atoms with Crippen LogP contribution in [0.5, 0.6) is 11.5 Å². The lowest BCUT2D eigenvalue weighted by molar-refractivity contribution is -0.142. The Labute approximate surface area is 167 Å². The Kier molecular flexibility index (Phi) is 8.14. The summed E-state index contributed by atoms with van der Waals surface area (Å²) in [5.74, 6) is -2.08. The minimum Gasteiger partial charge on any atom is -0.493 e. The van der Waals surface area contributed by atoms with E-state index in [-0.39, 0.29) is 5.69 Å². The van der Waals surface area contributed by atoms with Crippen LogP contribution in [0.1, 0.15) is 18.9 Å². The summed E-state index contributed by atoms with van der Waals surface area (Å²) < 4.78 is 41.9. The number of benzene rings is 2. The Morgan fingerprint density at radius 3 is 2.59 bits per heavy atom. The lowest BCUT2D eigenvalue weighted by Gasteiger charge is -2.10. The van der Waals surface area contributed by atoms with Gasteiger partial charge < -0.3 is 19.5 Å². The van der Waals surface area contributed by atoms with E-state index in [2.05, 4.69) is 5.32 Å². The van der Waals surface area contributed by atoms with Crippen LogP contribution in [0, 0.1) is 11.6 Å². The van der Waals surface area contributed by atoms with Crippen molar-refractivity contribution in [2.24, 2.45) is 0 Å². The van der Waals surface area contributed by atoms with E-state index in [0.29, 0.717) is 29.7 Å². The molecule has 6 nitrogen and oxygen atoms in total.